The van der Waals surface area contributed by atoms with Gasteiger partial charge in [0.15, 0.2) is 0 Å². The van der Waals surface area contributed by atoms with Crippen molar-refractivity contribution in [3.63, 3.8) is 0 Å². The van der Waals surface area contributed by atoms with Crippen molar-refractivity contribution in [1.29, 1.82) is 0 Å². The average Bonchev–Trinajstić information content (AvgIpc) is 2.26. The Bertz CT molecular complexity index is 135. The molecule has 0 spiro atoms. The summed E-state index contributed by atoms with van der Waals surface area (Å²) in [5.41, 5.74) is 0. The molecule has 0 amide bonds. The molecule has 0 aliphatic carbocycles. The molecule has 84 valence electrons. The van der Waals surface area contributed by atoms with Crippen LogP contribution in [-0.4, -0.2) is 36.6 Å². The van der Waals surface area contributed by atoms with Crippen molar-refractivity contribution in [2.75, 3.05) is 19.6 Å². The van der Waals surface area contributed by atoms with Crippen molar-refractivity contribution in [2.45, 2.75) is 58.5 Å². The van der Waals surface area contributed by atoms with Gasteiger partial charge in [-0.2, -0.15) is 0 Å². The van der Waals surface area contributed by atoms with Crippen molar-refractivity contribution in [3.05, 3.63) is 0 Å². The molecule has 0 aromatic heterocycles. The number of rotatable bonds is 5. The van der Waals surface area contributed by atoms with Crippen molar-refractivity contribution in [3.8, 4) is 0 Å². The minimum absolute atomic E-state index is 0.744. The molecule has 0 saturated carbocycles. The zero-order valence-corrected chi connectivity index (χ0v) is 10.1. The average molecular weight is 198 g/mol. The molecule has 0 unspecified atom stereocenters. The molecular formula is C12H26N2. The highest BCUT2D eigenvalue weighted by Crippen LogP contribution is 2.11. The summed E-state index contributed by atoms with van der Waals surface area (Å²) in [5.74, 6) is 0. The van der Waals surface area contributed by atoms with Crippen LogP contribution >= 0.6 is 0 Å². The molecule has 1 rings (SSSR count). The van der Waals surface area contributed by atoms with E-state index >= 15 is 0 Å². The Hall–Kier alpha value is -0.0800. The molecule has 0 aromatic rings. The normalized spacial score (nSPS) is 20.6. The SMILES string of the molecule is CCC(CC)NC1CCN(CC)CC1. The van der Waals surface area contributed by atoms with Crippen molar-refractivity contribution >= 4 is 0 Å². The Kier molecular flexibility index (Phi) is 5.49. The number of piperidine rings is 1. The van der Waals surface area contributed by atoms with E-state index in [9.17, 15) is 0 Å². The lowest BCUT2D eigenvalue weighted by Crippen LogP contribution is -2.45. The fourth-order valence-electron chi connectivity index (χ4n) is 2.27. The van der Waals surface area contributed by atoms with Crippen LogP contribution in [0.2, 0.25) is 0 Å². The summed E-state index contributed by atoms with van der Waals surface area (Å²) in [6.45, 7) is 10.6. The van der Waals surface area contributed by atoms with Crippen LogP contribution in [-0.2, 0) is 0 Å². The smallest absolute Gasteiger partial charge is 0.00939 e. The van der Waals surface area contributed by atoms with Gasteiger partial charge in [-0.25, -0.2) is 0 Å². The first kappa shape index (κ1) is 12.0. The van der Waals surface area contributed by atoms with Crippen LogP contribution in [0.25, 0.3) is 0 Å². The van der Waals surface area contributed by atoms with Gasteiger partial charge in [0.1, 0.15) is 0 Å². The second-order valence-electron chi connectivity index (χ2n) is 4.39. The summed E-state index contributed by atoms with van der Waals surface area (Å²) >= 11 is 0. The number of hydrogen-bond acceptors (Lipinski definition) is 2. The number of likely N-dealkylation sites (tertiary alicyclic amines) is 1. The number of nitrogens with zero attached hydrogens (tertiary/aromatic N) is 1. The van der Waals surface area contributed by atoms with Gasteiger partial charge in [-0.15, -0.1) is 0 Å². The van der Waals surface area contributed by atoms with E-state index in [-0.39, 0.29) is 0 Å². The third kappa shape index (κ3) is 3.58. The van der Waals surface area contributed by atoms with Crippen LogP contribution < -0.4 is 5.32 Å². The van der Waals surface area contributed by atoms with E-state index in [1.165, 1.54) is 45.3 Å². The molecule has 2 heteroatoms. The van der Waals surface area contributed by atoms with E-state index in [1.807, 2.05) is 0 Å². The van der Waals surface area contributed by atoms with Gasteiger partial charge >= 0.3 is 0 Å². The highest BCUT2D eigenvalue weighted by atomic mass is 15.1. The Morgan fingerprint density at radius 1 is 1.14 bits per heavy atom. The summed E-state index contributed by atoms with van der Waals surface area (Å²) < 4.78 is 0. The zero-order chi connectivity index (χ0) is 10.4. The van der Waals surface area contributed by atoms with Crippen LogP contribution in [0.3, 0.4) is 0 Å². The Balaban J connectivity index is 2.21. The molecule has 0 atom stereocenters. The van der Waals surface area contributed by atoms with E-state index in [4.69, 9.17) is 0 Å². The lowest BCUT2D eigenvalue weighted by atomic mass is 10.0. The van der Waals surface area contributed by atoms with Crippen LogP contribution in [0.1, 0.15) is 46.5 Å². The predicted molar refractivity (Wildman–Crippen MR) is 62.6 cm³/mol. The highest BCUT2D eigenvalue weighted by Gasteiger charge is 2.19. The molecule has 1 aliphatic rings. The maximum absolute atomic E-state index is 3.77. The second kappa shape index (κ2) is 6.41. The third-order valence-electron chi connectivity index (χ3n) is 3.49. The molecule has 1 fully saturated rings. The molecule has 14 heavy (non-hydrogen) atoms. The summed E-state index contributed by atoms with van der Waals surface area (Å²) in [6.07, 6.45) is 5.21. The van der Waals surface area contributed by atoms with Gasteiger partial charge in [-0.05, 0) is 45.3 Å². The lowest BCUT2D eigenvalue weighted by Gasteiger charge is -2.33. The molecular weight excluding hydrogens is 172 g/mol. The standard InChI is InChI=1S/C12H26N2/c1-4-11(5-2)13-12-7-9-14(6-3)10-8-12/h11-13H,4-10H2,1-3H3. The van der Waals surface area contributed by atoms with Crippen LogP contribution in [0.5, 0.6) is 0 Å². The minimum atomic E-state index is 0.744. The monoisotopic (exact) mass is 198 g/mol. The first-order chi connectivity index (χ1) is 6.80. The van der Waals surface area contributed by atoms with Crippen LogP contribution in [0.15, 0.2) is 0 Å². The number of nitrogens with one attached hydrogen (secondary N) is 1. The molecule has 1 heterocycles. The van der Waals surface area contributed by atoms with E-state index in [1.54, 1.807) is 0 Å². The minimum Gasteiger partial charge on any atom is -0.311 e. The molecule has 0 bridgehead atoms. The van der Waals surface area contributed by atoms with E-state index < -0.39 is 0 Å². The topological polar surface area (TPSA) is 15.3 Å². The molecule has 0 radical (unpaired) electrons. The molecule has 2 nitrogen and oxygen atoms in total. The Morgan fingerprint density at radius 2 is 1.71 bits per heavy atom. The van der Waals surface area contributed by atoms with Gasteiger partial charge in [0.05, 0.1) is 0 Å². The van der Waals surface area contributed by atoms with Gasteiger partial charge in [0.25, 0.3) is 0 Å². The highest BCUT2D eigenvalue weighted by molar-refractivity contribution is 4.79. The fourth-order valence-corrected chi connectivity index (χ4v) is 2.27. The molecule has 1 aliphatic heterocycles. The molecule has 0 aromatic carbocycles. The number of hydrogen-bond donors (Lipinski definition) is 1. The van der Waals surface area contributed by atoms with E-state index in [0.29, 0.717) is 0 Å². The van der Waals surface area contributed by atoms with Crippen LogP contribution in [0, 0.1) is 0 Å². The van der Waals surface area contributed by atoms with Gasteiger partial charge in [0, 0.05) is 12.1 Å². The van der Waals surface area contributed by atoms with Gasteiger partial charge in [0.2, 0.25) is 0 Å². The van der Waals surface area contributed by atoms with Crippen LogP contribution in [0.4, 0.5) is 0 Å². The molecule has 1 N–H and O–H groups in total. The third-order valence-corrected chi connectivity index (χ3v) is 3.49. The zero-order valence-electron chi connectivity index (χ0n) is 10.1. The predicted octanol–water partition coefficient (Wildman–Crippen LogP) is 2.25. The van der Waals surface area contributed by atoms with Gasteiger partial charge < -0.3 is 10.2 Å². The summed E-state index contributed by atoms with van der Waals surface area (Å²) in [4.78, 5) is 2.55. The fraction of sp³-hybridized carbons (Fsp3) is 1.00. The van der Waals surface area contributed by atoms with Gasteiger partial charge in [-0.1, -0.05) is 20.8 Å². The van der Waals surface area contributed by atoms with Crippen molar-refractivity contribution in [2.24, 2.45) is 0 Å². The summed E-state index contributed by atoms with van der Waals surface area (Å²) in [6, 6.07) is 1.52. The largest absolute Gasteiger partial charge is 0.311 e. The quantitative estimate of drug-likeness (QED) is 0.729. The van der Waals surface area contributed by atoms with E-state index in [0.717, 1.165) is 12.1 Å². The maximum atomic E-state index is 3.77. The Labute approximate surface area is 89.1 Å². The molecule has 1 saturated heterocycles. The second-order valence-corrected chi connectivity index (χ2v) is 4.39. The van der Waals surface area contributed by atoms with Crippen molar-refractivity contribution < 1.29 is 0 Å². The van der Waals surface area contributed by atoms with Crippen molar-refractivity contribution in [1.82, 2.24) is 10.2 Å². The van der Waals surface area contributed by atoms with E-state index in [2.05, 4.69) is 31.0 Å². The first-order valence-electron chi connectivity index (χ1n) is 6.28. The maximum Gasteiger partial charge on any atom is 0.00939 e. The summed E-state index contributed by atoms with van der Waals surface area (Å²) in [5, 5.41) is 3.77. The summed E-state index contributed by atoms with van der Waals surface area (Å²) in [7, 11) is 0. The Morgan fingerprint density at radius 3 is 2.14 bits per heavy atom. The lowest BCUT2D eigenvalue weighted by molar-refractivity contribution is 0.197. The van der Waals surface area contributed by atoms with Gasteiger partial charge in [-0.3, -0.25) is 0 Å². The first-order valence-corrected chi connectivity index (χ1v) is 6.28.